The molecule has 0 aliphatic carbocycles. The highest BCUT2D eigenvalue weighted by Gasteiger charge is 2.36. The van der Waals surface area contributed by atoms with Crippen LogP contribution in [0.4, 0.5) is 4.79 Å². The van der Waals surface area contributed by atoms with Crippen molar-refractivity contribution in [1.82, 2.24) is 20.4 Å². The fourth-order valence-electron chi connectivity index (χ4n) is 4.73. The van der Waals surface area contributed by atoms with Crippen LogP contribution in [-0.2, 0) is 0 Å². The van der Waals surface area contributed by atoms with Crippen molar-refractivity contribution >= 4 is 11.9 Å². The number of fused-ring (bicyclic) bond motifs is 2. The van der Waals surface area contributed by atoms with Crippen molar-refractivity contribution in [3.8, 4) is 17.9 Å². The first-order valence-corrected chi connectivity index (χ1v) is 11.7. The third kappa shape index (κ3) is 6.83. The summed E-state index contributed by atoms with van der Waals surface area (Å²) in [6.07, 6.45) is 0.509. The van der Waals surface area contributed by atoms with Gasteiger partial charge in [0.1, 0.15) is 18.5 Å². The van der Waals surface area contributed by atoms with Crippen LogP contribution in [-0.4, -0.2) is 85.4 Å². The molecule has 1 aromatic rings. The summed E-state index contributed by atoms with van der Waals surface area (Å²) in [6.45, 7) is 6.24. The highest BCUT2D eigenvalue weighted by Crippen LogP contribution is 2.29. The van der Waals surface area contributed by atoms with Crippen LogP contribution in [0.3, 0.4) is 0 Å². The van der Waals surface area contributed by atoms with Crippen LogP contribution < -0.4 is 15.4 Å². The second-order valence-electron chi connectivity index (χ2n) is 8.88. The fourth-order valence-corrected chi connectivity index (χ4v) is 4.73. The molecule has 0 aromatic heterocycles. The van der Waals surface area contributed by atoms with Crippen molar-refractivity contribution in [2.45, 2.75) is 25.9 Å². The Labute approximate surface area is 200 Å². The highest BCUT2D eigenvalue weighted by molar-refractivity contribution is 5.97. The van der Waals surface area contributed by atoms with Gasteiger partial charge in [-0.3, -0.25) is 9.69 Å². The Morgan fingerprint density at radius 3 is 2.59 bits per heavy atom. The number of likely N-dealkylation sites (tertiary alicyclic amines) is 2. The molecule has 182 valence electrons. The van der Waals surface area contributed by atoms with E-state index in [1.807, 2.05) is 24.0 Å². The lowest BCUT2D eigenvalue weighted by Gasteiger charge is -2.46. The van der Waals surface area contributed by atoms with Gasteiger partial charge in [0.25, 0.3) is 5.91 Å². The maximum absolute atomic E-state index is 12.5. The number of nitrogens with zero attached hydrogens (tertiary/aromatic N) is 4. The molecular formula is C24H32N6O4. The smallest absolute Gasteiger partial charge is 0.317 e. The van der Waals surface area contributed by atoms with Crippen molar-refractivity contribution < 1.29 is 19.4 Å². The van der Waals surface area contributed by atoms with E-state index in [1.54, 1.807) is 12.1 Å². The molecule has 1 aromatic carbocycles. The van der Waals surface area contributed by atoms with Crippen LogP contribution in [0.1, 0.15) is 35.7 Å². The molecule has 2 bridgehead atoms. The number of hydrogen-bond donors (Lipinski definition) is 3. The third-order valence-corrected chi connectivity index (χ3v) is 6.05. The van der Waals surface area contributed by atoms with Crippen LogP contribution in [0, 0.1) is 34.5 Å². The minimum Gasteiger partial charge on any atom is -0.490 e. The van der Waals surface area contributed by atoms with Crippen LogP contribution in [0.15, 0.2) is 18.2 Å². The standard InChI is InChI=1S/C24H32N6O4/c1-2-27-24(33)30-13-18-8-19(14-30)12-29(11-18)15-20(31)16-34-22-5-4-17(10-26)9-21(22)23(32)28-7-3-6-25/h4-5,9,18-20,31H,2-3,7-8,11-16H2,1H3,(H,27,33)(H,28,32)/t18?,19?,20-/m1/s1. The number of nitriles is 2. The zero-order valence-electron chi connectivity index (χ0n) is 19.5. The van der Waals surface area contributed by atoms with Crippen LogP contribution >= 0.6 is 0 Å². The molecule has 0 spiro atoms. The van der Waals surface area contributed by atoms with Crippen molar-refractivity contribution in [2.24, 2.45) is 11.8 Å². The molecule has 0 radical (unpaired) electrons. The van der Waals surface area contributed by atoms with Crippen molar-refractivity contribution in [1.29, 1.82) is 10.5 Å². The number of carbonyl (C=O) groups excluding carboxylic acids is 2. The number of β-amino-alcohol motifs (C(OH)–C–C–N with tert-alkyl or cyclic N) is 1. The highest BCUT2D eigenvalue weighted by atomic mass is 16.5. The van der Waals surface area contributed by atoms with E-state index >= 15 is 0 Å². The first kappa shape index (κ1) is 25.3. The summed E-state index contributed by atoms with van der Waals surface area (Å²) in [5, 5.41) is 33.9. The van der Waals surface area contributed by atoms with E-state index in [-0.39, 0.29) is 36.9 Å². The van der Waals surface area contributed by atoms with Gasteiger partial charge < -0.3 is 25.4 Å². The molecular weight excluding hydrogens is 436 g/mol. The number of aliphatic hydroxyl groups excluding tert-OH is 1. The molecule has 2 unspecified atom stereocenters. The van der Waals surface area contributed by atoms with Gasteiger partial charge in [0, 0.05) is 45.8 Å². The van der Waals surface area contributed by atoms with Gasteiger partial charge in [0.15, 0.2) is 0 Å². The van der Waals surface area contributed by atoms with E-state index in [9.17, 15) is 14.7 Å². The minimum absolute atomic E-state index is 0.00123. The molecule has 2 heterocycles. The topological polar surface area (TPSA) is 142 Å². The number of benzene rings is 1. The number of aliphatic hydroxyl groups is 1. The van der Waals surface area contributed by atoms with Gasteiger partial charge in [0.05, 0.1) is 29.7 Å². The molecule has 2 saturated heterocycles. The van der Waals surface area contributed by atoms with Gasteiger partial charge in [-0.15, -0.1) is 0 Å². The minimum atomic E-state index is -0.761. The number of rotatable bonds is 9. The maximum atomic E-state index is 12.5. The van der Waals surface area contributed by atoms with E-state index < -0.39 is 12.0 Å². The molecule has 2 aliphatic heterocycles. The SMILES string of the molecule is CCNC(=O)N1CC2CC(CN(C[C@@H](O)COc3ccc(C#N)cc3C(=O)NCCC#N)C2)C1. The molecule has 3 atom stereocenters. The first-order valence-electron chi connectivity index (χ1n) is 11.7. The Morgan fingerprint density at radius 2 is 1.94 bits per heavy atom. The quantitative estimate of drug-likeness (QED) is 0.458. The largest absolute Gasteiger partial charge is 0.490 e. The zero-order chi connectivity index (χ0) is 24.5. The summed E-state index contributed by atoms with van der Waals surface area (Å²) in [7, 11) is 0. The summed E-state index contributed by atoms with van der Waals surface area (Å²) in [5.74, 6) is 0.605. The average Bonchev–Trinajstić information content (AvgIpc) is 2.82. The molecule has 3 N–H and O–H groups in total. The van der Waals surface area contributed by atoms with Crippen molar-refractivity contribution in [2.75, 3.05) is 52.4 Å². The number of amides is 3. The van der Waals surface area contributed by atoms with E-state index in [1.165, 1.54) is 6.07 Å². The van der Waals surface area contributed by atoms with Crippen LogP contribution in [0.2, 0.25) is 0 Å². The Morgan fingerprint density at radius 1 is 1.21 bits per heavy atom. The summed E-state index contributed by atoms with van der Waals surface area (Å²) < 4.78 is 5.76. The van der Waals surface area contributed by atoms with Gasteiger partial charge >= 0.3 is 6.03 Å². The molecule has 2 aliphatic rings. The molecule has 34 heavy (non-hydrogen) atoms. The number of nitrogens with one attached hydrogen (secondary N) is 2. The molecule has 3 amide bonds. The number of hydrogen-bond acceptors (Lipinski definition) is 7. The van der Waals surface area contributed by atoms with E-state index in [0.29, 0.717) is 30.5 Å². The van der Waals surface area contributed by atoms with Crippen molar-refractivity contribution in [3.63, 3.8) is 0 Å². The van der Waals surface area contributed by atoms with Gasteiger partial charge in [-0.05, 0) is 43.4 Å². The lowest BCUT2D eigenvalue weighted by molar-refractivity contribution is 0.00915. The molecule has 10 nitrogen and oxygen atoms in total. The Bertz CT molecular complexity index is 942. The average molecular weight is 469 g/mol. The summed E-state index contributed by atoms with van der Waals surface area (Å²) >= 11 is 0. The third-order valence-electron chi connectivity index (χ3n) is 6.05. The Hall–Kier alpha value is -3.34. The van der Waals surface area contributed by atoms with E-state index in [0.717, 1.165) is 32.6 Å². The first-order chi connectivity index (χ1) is 16.4. The molecule has 10 heteroatoms. The van der Waals surface area contributed by atoms with E-state index in [4.69, 9.17) is 15.3 Å². The number of carbonyl (C=O) groups is 2. The Balaban J connectivity index is 1.53. The molecule has 2 fully saturated rings. The van der Waals surface area contributed by atoms with E-state index in [2.05, 4.69) is 15.5 Å². The Kier molecular flexibility index (Phi) is 9.08. The van der Waals surface area contributed by atoms with Crippen LogP contribution in [0.5, 0.6) is 5.75 Å². The van der Waals surface area contributed by atoms with Gasteiger partial charge in [-0.2, -0.15) is 10.5 Å². The predicted molar refractivity (Wildman–Crippen MR) is 124 cm³/mol. The number of piperidine rings is 2. The predicted octanol–water partition coefficient (Wildman–Crippen LogP) is 0.925. The summed E-state index contributed by atoms with van der Waals surface area (Å²) in [6, 6.07) is 8.50. The lowest BCUT2D eigenvalue weighted by Crippen LogP contribution is -2.56. The normalized spacial score (nSPS) is 20.5. The number of ether oxygens (including phenoxy) is 1. The fraction of sp³-hybridized carbons (Fsp3) is 0.583. The van der Waals surface area contributed by atoms with Crippen LogP contribution in [0.25, 0.3) is 0 Å². The molecule has 0 saturated carbocycles. The summed E-state index contributed by atoms with van der Waals surface area (Å²) in [5.41, 5.74) is 0.516. The second-order valence-corrected chi connectivity index (χ2v) is 8.88. The molecule has 3 rings (SSSR count). The maximum Gasteiger partial charge on any atom is 0.317 e. The van der Waals surface area contributed by atoms with Gasteiger partial charge in [0.2, 0.25) is 0 Å². The van der Waals surface area contributed by atoms with Gasteiger partial charge in [-0.1, -0.05) is 0 Å². The zero-order valence-corrected chi connectivity index (χ0v) is 19.5. The van der Waals surface area contributed by atoms with Gasteiger partial charge in [-0.25, -0.2) is 4.79 Å². The summed E-state index contributed by atoms with van der Waals surface area (Å²) in [4.78, 5) is 28.8. The number of urea groups is 1. The second kappa shape index (κ2) is 12.2. The monoisotopic (exact) mass is 468 g/mol. The lowest BCUT2D eigenvalue weighted by atomic mass is 9.84. The van der Waals surface area contributed by atoms with Crippen molar-refractivity contribution in [3.05, 3.63) is 29.3 Å².